The van der Waals surface area contributed by atoms with Gasteiger partial charge in [0.05, 0.1) is 3.79 Å². The van der Waals surface area contributed by atoms with Gasteiger partial charge in [0.2, 0.25) is 0 Å². The van der Waals surface area contributed by atoms with Crippen molar-refractivity contribution in [1.82, 2.24) is 10.3 Å². The summed E-state index contributed by atoms with van der Waals surface area (Å²) in [4.78, 5) is 4.00. The van der Waals surface area contributed by atoms with Crippen molar-refractivity contribution in [2.24, 2.45) is 0 Å². The topological polar surface area (TPSA) is 24.9 Å². The Bertz CT molecular complexity index is 428. The second-order valence-corrected chi connectivity index (χ2v) is 5.83. The lowest BCUT2D eigenvalue weighted by Crippen LogP contribution is -2.16. The Morgan fingerprint density at radius 2 is 2.06 bits per heavy atom. The number of hydrogen-bond donors (Lipinski definition) is 1. The molecule has 0 unspecified atom stereocenters. The quantitative estimate of drug-likeness (QED) is 0.857. The molecular formula is C12H13BrN2S. The lowest BCUT2D eigenvalue weighted by molar-refractivity contribution is 0.688. The molecule has 0 saturated carbocycles. The van der Waals surface area contributed by atoms with Gasteiger partial charge in [-0.2, -0.15) is 0 Å². The van der Waals surface area contributed by atoms with E-state index in [1.54, 1.807) is 11.3 Å². The van der Waals surface area contributed by atoms with Crippen molar-refractivity contribution in [3.8, 4) is 0 Å². The number of nitrogens with zero attached hydrogens (tertiary/aromatic N) is 1. The van der Waals surface area contributed by atoms with Crippen LogP contribution in [0.2, 0.25) is 0 Å². The summed E-state index contributed by atoms with van der Waals surface area (Å²) in [6.07, 6.45) is 4.73. The van der Waals surface area contributed by atoms with Crippen LogP contribution < -0.4 is 5.32 Å². The first kappa shape index (κ1) is 11.8. The molecule has 0 aromatic carbocycles. The molecule has 0 radical (unpaired) electrons. The van der Waals surface area contributed by atoms with E-state index in [1.165, 1.54) is 14.9 Å². The van der Waals surface area contributed by atoms with Crippen LogP contribution in [0.3, 0.4) is 0 Å². The zero-order chi connectivity index (χ0) is 11.2. The third kappa shape index (κ3) is 3.70. The van der Waals surface area contributed by atoms with Crippen molar-refractivity contribution >= 4 is 27.3 Å². The maximum atomic E-state index is 4.00. The van der Waals surface area contributed by atoms with Crippen LogP contribution in [-0.2, 0) is 13.0 Å². The number of hydrogen-bond acceptors (Lipinski definition) is 3. The second kappa shape index (κ2) is 6.13. The first-order chi connectivity index (χ1) is 7.84. The zero-order valence-corrected chi connectivity index (χ0v) is 11.2. The number of thiophene rings is 1. The average molecular weight is 297 g/mol. The van der Waals surface area contributed by atoms with Crippen molar-refractivity contribution < 1.29 is 0 Å². The predicted octanol–water partition coefficient (Wildman–Crippen LogP) is 3.24. The van der Waals surface area contributed by atoms with Crippen LogP contribution in [0.15, 0.2) is 39.8 Å². The van der Waals surface area contributed by atoms with Gasteiger partial charge in [-0.15, -0.1) is 11.3 Å². The van der Waals surface area contributed by atoms with E-state index >= 15 is 0 Å². The van der Waals surface area contributed by atoms with Crippen LogP contribution >= 0.6 is 27.3 Å². The molecule has 2 nitrogen and oxygen atoms in total. The fraction of sp³-hybridized carbons (Fsp3) is 0.250. The van der Waals surface area contributed by atoms with Gasteiger partial charge in [0.25, 0.3) is 0 Å². The molecule has 0 fully saturated rings. The van der Waals surface area contributed by atoms with Crippen molar-refractivity contribution in [3.63, 3.8) is 0 Å². The fourth-order valence-electron chi connectivity index (χ4n) is 1.45. The SMILES string of the molecule is Brc1cc(CNCCc2ccncc2)cs1. The van der Waals surface area contributed by atoms with E-state index in [0.29, 0.717) is 0 Å². The molecule has 2 aromatic rings. The number of pyridine rings is 1. The normalized spacial score (nSPS) is 10.6. The first-order valence-electron chi connectivity index (χ1n) is 5.17. The van der Waals surface area contributed by atoms with Gasteiger partial charge in [-0.3, -0.25) is 4.98 Å². The van der Waals surface area contributed by atoms with Crippen molar-refractivity contribution in [2.45, 2.75) is 13.0 Å². The second-order valence-electron chi connectivity index (χ2n) is 3.54. The van der Waals surface area contributed by atoms with Gasteiger partial charge < -0.3 is 5.32 Å². The van der Waals surface area contributed by atoms with Crippen LogP contribution in [0, 0.1) is 0 Å². The minimum atomic E-state index is 0.938. The molecule has 0 aliphatic heterocycles. The van der Waals surface area contributed by atoms with Gasteiger partial charge in [-0.1, -0.05) is 0 Å². The standard InChI is InChI=1S/C12H13BrN2S/c13-12-7-11(9-16-12)8-15-6-3-10-1-4-14-5-2-10/h1-2,4-5,7,9,15H,3,6,8H2. The summed E-state index contributed by atoms with van der Waals surface area (Å²) in [7, 11) is 0. The molecule has 2 rings (SSSR count). The van der Waals surface area contributed by atoms with Gasteiger partial charge in [0.15, 0.2) is 0 Å². The molecule has 84 valence electrons. The van der Waals surface area contributed by atoms with E-state index in [9.17, 15) is 0 Å². The Kier molecular flexibility index (Phi) is 4.51. The number of nitrogens with one attached hydrogen (secondary N) is 1. The van der Waals surface area contributed by atoms with Crippen LogP contribution in [0.1, 0.15) is 11.1 Å². The number of rotatable bonds is 5. The lowest BCUT2D eigenvalue weighted by Gasteiger charge is -2.03. The van der Waals surface area contributed by atoms with E-state index in [1.807, 2.05) is 12.4 Å². The van der Waals surface area contributed by atoms with Crippen LogP contribution in [0.25, 0.3) is 0 Å². The highest BCUT2D eigenvalue weighted by Gasteiger charge is 1.96. The molecule has 0 spiro atoms. The summed E-state index contributed by atoms with van der Waals surface area (Å²) in [5.74, 6) is 0. The maximum Gasteiger partial charge on any atom is 0.0701 e. The molecule has 16 heavy (non-hydrogen) atoms. The van der Waals surface area contributed by atoms with Gasteiger partial charge in [-0.25, -0.2) is 0 Å². The maximum absolute atomic E-state index is 4.00. The Balaban J connectivity index is 1.69. The minimum Gasteiger partial charge on any atom is -0.312 e. The van der Waals surface area contributed by atoms with E-state index in [-0.39, 0.29) is 0 Å². The van der Waals surface area contributed by atoms with Crippen LogP contribution in [0.4, 0.5) is 0 Å². The van der Waals surface area contributed by atoms with Gasteiger partial charge in [0.1, 0.15) is 0 Å². The molecular weight excluding hydrogens is 284 g/mol. The van der Waals surface area contributed by atoms with Crippen molar-refractivity contribution in [3.05, 3.63) is 50.9 Å². The van der Waals surface area contributed by atoms with Crippen molar-refractivity contribution in [2.75, 3.05) is 6.54 Å². The zero-order valence-electron chi connectivity index (χ0n) is 8.82. The molecule has 0 bridgehead atoms. The van der Waals surface area contributed by atoms with Crippen LogP contribution in [0.5, 0.6) is 0 Å². The molecule has 0 aliphatic carbocycles. The van der Waals surface area contributed by atoms with Crippen LogP contribution in [-0.4, -0.2) is 11.5 Å². The predicted molar refractivity (Wildman–Crippen MR) is 71.7 cm³/mol. The van der Waals surface area contributed by atoms with E-state index in [0.717, 1.165) is 19.5 Å². The highest BCUT2D eigenvalue weighted by atomic mass is 79.9. The summed E-state index contributed by atoms with van der Waals surface area (Å²) in [5.41, 5.74) is 2.67. The van der Waals surface area contributed by atoms with E-state index in [4.69, 9.17) is 0 Å². The Hall–Kier alpha value is -0.710. The molecule has 0 atom stereocenters. The lowest BCUT2D eigenvalue weighted by atomic mass is 10.2. The van der Waals surface area contributed by atoms with Gasteiger partial charge >= 0.3 is 0 Å². The monoisotopic (exact) mass is 296 g/mol. The third-order valence-electron chi connectivity index (χ3n) is 2.29. The molecule has 0 aliphatic rings. The summed E-state index contributed by atoms with van der Waals surface area (Å²) in [6, 6.07) is 6.27. The number of aromatic nitrogens is 1. The molecule has 0 saturated heterocycles. The smallest absolute Gasteiger partial charge is 0.0701 e. The summed E-state index contributed by atoms with van der Waals surface area (Å²) in [6.45, 7) is 1.94. The fourth-order valence-corrected chi connectivity index (χ4v) is 2.66. The summed E-state index contributed by atoms with van der Waals surface area (Å²) < 4.78 is 1.19. The molecule has 4 heteroatoms. The average Bonchev–Trinajstić information content (AvgIpc) is 2.72. The highest BCUT2D eigenvalue weighted by molar-refractivity contribution is 9.11. The molecule has 2 aromatic heterocycles. The summed E-state index contributed by atoms with van der Waals surface area (Å²) >= 11 is 5.19. The third-order valence-corrected chi connectivity index (χ3v) is 3.84. The van der Waals surface area contributed by atoms with Crippen molar-refractivity contribution in [1.29, 1.82) is 0 Å². The Morgan fingerprint density at radius 3 is 2.75 bits per heavy atom. The summed E-state index contributed by atoms with van der Waals surface area (Å²) in [5, 5.41) is 5.60. The largest absolute Gasteiger partial charge is 0.312 e. The van der Waals surface area contributed by atoms with E-state index in [2.05, 4.69) is 49.8 Å². The minimum absolute atomic E-state index is 0.938. The molecule has 0 amide bonds. The first-order valence-corrected chi connectivity index (χ1v) is 6.84. The molecule has 2 heterocycles. The Labute approximate surface area is 108 Å². The molecule has 1 N–H and O–H groups in total. The Morgan fingerprint density at radius 1 is 1.25 bits per heavy atom. The highest BCUT2D eigenvalue weighted by Crippen LogP contribution is 2.20. The van der Waals surface area contributed by atoms with Gasteiger partial charge in [-0.05, 0) is 63.6 Å². The van der Waals surface area contributed by atoms with Gasteiger partial charge in [0, 0.05) is 18.9 Å². The number of halogens is 1. The van der Waals surface area contributed by atoms with E-state index < -0.39 is 0 Å².